The number of nitrogens with one attached hydrogen (secondary N) is 2. The normalized spacial score (nSPS) is 10.7. The minimum absolute atomic E-state index is 0.150. The molecule has 120 valence electrons. The van der Waals surface area contributed by atoms with Crippen LogP contribution in [0.1, 0.15) is 15.4 Å². The quantitative estimate of drug-likeness (QED) is 0.683. The topological polar surface area (TPSA) is 71.3 Å². The number of benzene rings is 1. The molecule has 5 nitrogen and oxygen atoms in total. The summed E-state index contributed by atoms with van der Waals surface area (Å²) in [5.74, 6) is 0.196. The Labute approximate surface area is 142 Å². The molecule has 0 bridgehead atoms. The van der Waals surface area contributed by atoms with E-state index in [1.807, 2.05) is 11.4 Å². The van der Waals surface area contributed by atoms with Crippen LogP contribution in [0.15, 0.2) is 70.7 Å². The maximum absolute atomic E-state index is 11.9. The maximum atomic E-state index is 11.9. The molecule has 0 spiro atoms. The van der Waals surface area contributed by atoms with Gasteiger partial charge in [-0.05, 0) is 53.9 Å². The zero-order valence-electron chi connectivity index (χ0n) is 12.6. The van der Waals surface area contributed by atoms with Crippen molar-refractivity contribution in [3.63, 3.8) is 0 Å². The molecule has 1 aromatic carbocycles. The summed E-state index contributed by atoms with van der Waals surface area (Å²) in [5.41, 5.74) is 1.30. The molecule has 0 saturated heterocycles. The summed E-state index contributed by atoms with van der Waals surface area (Å²) in [6.07, 6.45) is 4.52. The van der Waals surface area contributed by atoms with Gasteiger partial charge in [0.1, 0.15) is 5.76 Å². The van der Waals surface area contributed by atoms with Crippen molar-refractivity contribution in [3.8, 4) is 0 Å². The largest absolute Gasteiger partial charge is 0.465 e. The van der Waals surface area contributed by atoms with Crippen LogP contribution < -0.4 is 10.6 Å². The van der Waals surface area contributed by atoms with Crippen LogP contribution in [0.4, 0.5) is 11.4 Å². The second-order valence-corrected chi connectivity index (χ2v) is 5.79. The fourth-order valence-corrected chi connectivity index (χ4v) is 2.58. The summed E-state index contributed by atoms with van der Waals surface area (Å²) in [4.78, 5) is 24.4. The van der Waals surface area contributed by atoms with E-state index in [1.54, 1.807) is 54.8 Å². The van der Waals surface area contributed by atoms with E-state index in [4.69, 9.17) is 4.42 Å². The summed E-state index contributed by atoms with van der Waals surface area (Å²) in [6.45, 7) is 0. The molecule has 3 aromatic rings. The third kappa shape index (κ3) is 4.21. The number of rotatable bonds is 5. The molecule has 2 N–H and O–H groups in total. The summed E-state index contributed by atoms with van der Waals surface area (Å²) < 4.78 is 5.11. The Balaban J connectivity index is 1.56. The second-order valence-electron chi connectivity index (χ2n) is 4.85. The Kier molecular flexibility index (Phi) is 4.88. The number of furan rings is 1. The molecule has 24 heavy (non-hydrogen) atoms. The highest BCUT2D eigenvalue weighted by Gasteiger charge is 2.06. The number of hydrogen-bond donors (Lipinski definition) is 2. The molecule has 2 heterocycles. The van der Waals surface area contributed by atoms with Crippen molar-refractivity contribution in [3.05, 3.63) is 76.9 Å². The van der Waals surface area contributed by atoms with E-state index >= 15 is 0 Å². The fourth-order valence-electron chi connectivity index (χ4n) is 1.97. The van der Waals surface area contributed by atoms with Crippen LogP contribution >= 0.6 is 11.3 Å². The van der Waals surface area contributed by atoms with E-state index in [0.717, 1.165) is 0 Å². The molecule has 3 rings (SSSR count). The predicted octanol–water partition coefficient (Wildman–Crippen LogP) is 4.25. The van der Waals surface area contributed by atoms with Gasteiger partial charge in [-0.2, -0.15) is 0 Å². The minimum Gasteiger partial charge on any atom is -0.465 e. The van der Waals surface area contributed by atoms with E-state index in [9.17, 15) is 9.59 Å². The van der Waals surface area contributed by atoms with Gasteiger partial charge in [0.2, 0.25) is 5.91 Å². The van der Waals surface area contributed by atoms with Crippen LogP contribution in [0, 0.1) is 0 Å². The van der Waals surface area contributed by atoms with Crippen LogP contribution in [0.5, 0.6) is 0 Å². The standard InChI is InChI=1S/C18H14N2O3S/c21-17(10-9-15-3-1-11-23-15)19-13-5-7-14(8-6-13)20-18(22)16-4-2-12-24-16/h1-12H,(H,19,21)(H,20,22)/b10-9+. The predicted molar refractivity (Wildman–Crippen MR) is 95.1 cm³/mol. The third-order valence-corrected chi connectivity index (χ3v) is 3.97. The zero-order chi connectivity index (χ0) is 16.8. The van der Waals surface area contributed by atoms with E-state index < -0.39 is 0 Å². The van der Waals surface area contributed by atoms with Gasteiger partial charge in [-0.1, -0.05) is 6.07 Å². The first-order chi connectivity index (χ1) is 11.7. The SMILES string of the molecule is O=C(/C=C/c1ccco1)Nc1ccc(NC(=O)c2cccs2)cc1. The van der Waals surface area contributed by atoms with Gasteiger partial charge in [-0.15, -0.1) is 11.3 Å². The third-order valence-electron chi connectivity index (χ3n) is 3.10. The first-order valence-corrected chi connectivity index (χ1v) is 8.06. The van der Waals surface area contributed by atoms with Crippen LogP contribution in [-0.2, 0) is 4.79 Å². The first-order valence-electron chi connectivity index (χ1n) is 7.18. The van der Waals surface area contributed by atoms with Crippen LogP contribution in [0.25, 0.3) is 6.08 Å². The van der Waals surface area contributed by atoms with Gasteiger partial charge in [0.05, 0.1) is 11.1 Å². The monoisotopic (exact) mass is 338 g/mol. The lowest BCUT2D eigenvalue weighted by Crippen LogP contribution is -2.10. The van der Waals surface area contributed by atoms with Crippen molar-refractivity contribution in [1.82, 2.24) is 0 Å². The molecular formula is C18H14N2O3S. The molecule has 0 aliphatic heterocycles. The lowest BCUT2D eigenvalue weighted by Gasteiger charge is -2.06. The molecule has 0 saturated carbocycles. The molecule has 0 aliphatic carbocycles. The van der Waals surface area contributed by atoms with Crippen molar-refractivity contribution in [2.45, 2.75) is 0 Å². The molecule has 0 aliphatic rings. The summed E-state index contributed by atoms with van der Waals surface area (Å²) >= 11 is 1.38. The second kappa shape index (κ2) is 7.43. The number of thiophene rings is 1. The van der Waals surface area contributed by atoms with Gasteiger partial charge in [-0.25, -0.2) is 0 Å². The summed E-state index contributed by atoms with van der Waals surface area (Å²) in [7, 11) is 0. The summed E-state index contributed by atoms with van der Waals surface area (Å²) in [6, 6.07) is 14.0. The highest BCUT2D eigenvalue weighted by atomic mass is 32.1. The van der Waals surface area contributed by atoms with Crippen molar-refractivity contribution in [2.75, 3.05) is 10.6 Å². The Morgan fingerprint density at radius 1 is 0.958 bits per heavy atom. The molecule has 0 atom stereocenters. The molecule has 6 heteroatoms. The number of hydrogen-bond acceptors (Lipinski definition) is 4. The van der Waals surface area contributed by atoms with Crippen molar-refractivity contribution in [2.24, 2.45) is 0 Å². The van der Waals surface area contributed by atoms with Crippen LogP contribution in [0.3, 0.4) is 0 Å². The number of carbonyl (C=O) groups is 2. The lowest BCUT2D eigenvalue weighted by atomic mass is 10.2. The van der Waals surface area contributed by atoms with Crippen molar-refractivity contribution < 1.29 is 14.0 Å². The van der Waals surface area contributed by atoms with Crippen LogP contribution in [-0.4, -0.2) is 11.8 Å². The Hall–Kier alpha value is -3.12. The Bertz CT molecular complexity index is 835. The van der Waals surface area contributed by atoms with E-state index in [2.05, 4.69) is 10.6 Å². The molecule has 2 amide bonds. The van der Waals surface area contributed by atoms with Gasteiger partial charge in [0, 0.05) is 17.5 Å². The zero-order valence-corrected chi connectivity index (χ0v) is 13.4. The molecule has 0 radical (unpaired) electrons. The highest BCUT2D eigenvalue weighted by molar-refractivity contribution is 7.12. The number of anilines is 2. The minimum atomic E-state index is -0.262. The Morgan fingerprint density at radius 3 is 2.33 bits per heavy atom. The van der Waals surface area contributed by atoms with Gasteiger partial charge < -0.3 is 15.1 Å². The van der Waals surface area contributed by atoms with Gasteiger partial charge in [-0.3, -0.25) is 9.59 Å². The molecular weight excluding hydrogens is 324 g/mol. The van der Waals surface area contributed by atoms with E-state index in [1.165, 1.54) is 17.4 Å². The van der Waals surface area contributed by atoms with Gasteiger partial charge in [0.25, 0.3) is 5.91 Å². The molecule has 0 fully saturated rings. The lowest BCUT2D eigenvalue weighted by molar-refractivity contribution is -0.111. The van der Waals surface area contributed by atoms with Crippen molar-refractivity contribution >= 4 is 40.6 Å². The average Bonchev–Trinajstić information content (AvgIpc) is 3.28. The number of carbonyl (C=O) groups excluding carboxylic acids is 2. The molecule has 0 unspecified atom stereocenters. The molecule has 2 aromatic heterocycles. The van der Waals surface area contributed by atoms with E-state index in [0.29, 0.717) is 22.0 Å². The van der Waals surface area contributed by atoms with Crippen LogP contribution in [0.2, 0.25) is 0 Å². The maximum Gasteiger partial charge on any atom is 0.265 e. The van der Waals surface area contributed by atoms with Gasteiger partial charge >= 0.3 is 0 Å². The summed E-state index contributed by atoms with van der Waals surface area (Å²) in [5, 5.41) is 7.39. The Morgan fingerprint density at radius 2 is 1.71 bits per heavy atom. The number of amides is 2. The van der Waals surface area contributed by atoms with E-state index in [-0.39, 0.29) is 11.8 Å². The van der Waals surface area contributed by atoms with Gasteiger partial charge in [0.15, 0.2) is 0 Å². The van der Waals surface area contributed by atoms with Crippen molar-refractivity contribution in [1.29, 1.82) is 0 Å². The fraction of sp³-hybridized carbons (Fsp3) is 0. The average molecular weight is 338 g/mol. The highest BCUT2D eigenvalue weighted by Crippen LogP contribution is 2.16. The first kappa shape index (κ1) is 15.8. The smallest absolute Gasteiger partial charge is 0.265 e.